The number of halogens is 3. The summed E-state index contributed by atoms with van der Waals surface area (Å²) in [5, 5.41) is 0. The molecule has 0 aliphatic heterocycles. The summed E-state index contributed by atoms with van der Waals surface area (Å²) in [6.45, 7) is 0. The average Bonchev–Trinajstić information content (AvgIpc) is 1.59. The van der Waals surface area contributed by atoms with Crippen molar-refractivity contribution in [2.45, 2.75) is 5.80 Å². The zero-order chi connectivity index (χ0) is 7.49. The van der Waals surface area contributed by atoms with Gasteiger partial charge in [-0.15, -0.1) is 0 Å². The highest BCUT2D eigenvalue weighted by Crippen LogP contribution is 2.12. The zero-order valence-electron chi connectivity index (χ0n) is 4.01. The highest BCUT2D eigenvalue weighted by atomic mass is 32.2. The van der Waals surface area contributed by atoms with Crippen molar-refractivity contribution in [3.8, 4) is 0 Å². The topological polar surface area (TPSA) is 46.5 Å². The van der Waals surface area contributed by atoms with Crippen LogP contribution in [0.1, 0.15) is 0 Å². The van der Waals surface area contributed by atoms with Crippen LogP contribution < -0.4 is 0 Å². The molecular weight excluding hydrogens is 177 g/mol. The van der Waals surface area contributed by atoms with E-state index in [0.717, 1.165) is 0 Å². The van der Waals surface area contributed by atoms with E-state index in [9.17, 15) is 17.4 Å². The molecular formula is CH3F3O3SSi. The minimum atomic E-state index is -4.40. The molecule has 0 aromatic rings. The normalized spacial score (nSPS) is 16.9. The maximum absolute atomic E-state index is 11.1. The van der Waals surface area contributed by atoms with Crippen molar-refractivity contribution in [1.29, 1.82) is 0 Å². The number of hydrogen-bond acceptors (Lipinski definition) is 2. The molecule has 1 unspecified atom stereocenters. The van der Waals surface area contributed by atoms with Crippen molar-refractivity contribution in [2.24, 2.45) is 0 Å². The fraction of sp³-hybridized carbons (Fsp3) is 1.00. The second kappa shape index (κ2) is 3.30. The van der Waals surface area contributed by atoms with E-state index >= 15 is 0 Å². The molecule has 1 N–H and O–H groups in total. The predicted octanol–water partition coefficient (Wildman–Crippen LogP) is -0.257. The third-order valence-corrected chi connectivity index (χ3v) is 1.93. The van der Waals surface area contributed by atoms with Crippen molar-refractivity contribution < 1.29 is 25.8 Å². The van der Waals surface area contributed by atoms with Gasteiger partial charge in [0.25, 0.3) is 11.4 Å². The quantitative estimate of drug-likeness (QED) is 0.470. The molecule has 56 valence electrons. The van der Waals surface area contributed by atoms with Crippen molar-refractivity contribution in [2.75, 3.05) is 0 Å². The Bertz CT molecular complexity index is 112. The van der Waals surface area contributed by atoms with Crippen LogP contribution in [0.15, 0.2) is 0 Å². The zero-order valence-corrected chi connectivity index (χ0v) is 6.24. The van der Waals surface area contributed by atoms with Gasteiger partial charge in [-0.05, 0) is 0 Å². The SMILES string of the molecule is O=S(O)O[SiH2]C(F)(F)F. The van der Waals surface area contributed by atoms with Crippen molar-refractivity contribution >= 4 is 21.1 Å². The average molecular weight is 180 g/mol. The summed E-state index contributed by atoms with van der Waals surface area (Å²) >= 11 is -2.77. The van der Waals surface area contributed by atoms with Crippen LogP contribution in [0.3, 0.4) is 0 Å². The summed E-state index contributed by atoms with van der Waals surface area (Å²) in [5.74, 6) is -4.40. The van der Waals surface area contributed by atoms with Gasteiger partial charge in [-0.3, -0.25) is 4.55 Å². The van der Waals surface area contributed by atoms with Crippen LogP contribution in [0.4, 0.5) is 13.2 Å². The second-order valence-corrected chi connectivity index (χ2v) is 3.56. The molecule has 0 amide bonds. The van der Waals surface area contributed by atoms with Gasteiger partial charge in [0.15, 0.2) is 0 Å². The lowest BCUT2D eigenvalue weighted by atomic mass is 11.5. The maximum Gasteiger partial charge on any atom is 0.384 e. The predicted molar refractivity (Wildman–Crippen MR) is 26.5 cm³/mol. The molecule has 0 heterocycles. The van der Waals surface area contributed by atoms with E-state index in [4.69, 9.17) is 4.55 Å². The van der Waals surface area contributed by atoms with E-state index in [1.54, 1.807) is 0 Å². The summed E-state index contributed by atoms with van der Waals surface area (Å²) < 4.78 is 53.9. The third kappa shape index (κ3) is 8.08. The van der Waals surface area contributed by atoms with E-state index in [1.807, 2.05) is 0 Å². The highest BCUT2D eigenvalue weighted by molar-refractivity contribution is 7.75. The fourth-order valence-corrected chi connectivity index (χ4v) is 1.06. The van der Waals surface area contributed by atoms with Gasteiger partial charge in [0.05, 0.1) is 0 Å². The van der Waals surface area contributed by atoms with E-state index < -0.39 is 26.9 Å². The van der Waals surface area contributed by atoms with Crippen LogP contribution in [-0.2, 0) is 15.2 Å². The highest BCUT2D eigenvalue weighted by Gasteiger charge is 2.29. The molecule has 0 aliphatic rings. The molecule has 3 nitrogen and oxygen atoms in total. The van der Waals surface area contributed by atoms with Crippen molar-refractivity contribution in [3.63, 3.8) is 0 Å². The molecule has 0 aromatic carbocycles. The molecule has 0 fully saturated rings. The lowest BCUT2D eigenvalue weighted by Gasteiger charge is -2.01. The van der Waals surface area contributed by atoms with E-state index in [-0.39, 0.29) is 0 Å². The van der Waals surface area contributed by atoms with Gasteiger partial charge in [0.2, 0.25) is 0 Å². The number of rotatable bonds is 2. The number of hydrogen-bond donors (Lipinski definition) is 1. The van der Waals surface area contributed by atoms with Crippen LogP contribution in [0, 0.1) is 0 Å². The Morgan fingerprint density at radius 3 is 2.11 bits per heavy atom. The molecule has 1 atom stereocenters. The fourth-order valence-electron chi connectivity index (χ4n) is 0.117. The lowest BCUT2D eigenvalue weighted by molar-refractivity contribution is -0.0545. The van der Waals surface area contributed by atoms with Gasteiger partial charge in [0.1, 0.15) is 0 Å². The minimum Gasteiger partial charge on any atom is -0.310 e. The van der Waals surface area contributed by atoms with Crippen molar-refractivity contribution in [1.82, 2.24) is 0 Å². The molecule has 0 radical (unpaired) electrons. The Morgan fingerprint density at radius 2 is 2.00 bits per heavy atom. The van der Waals surface area contributed by atoms with Crippen LogP contribution in [0.25, 0.3) is 0 Å². The molecule has 0 rings (SSSR count). The van der Waals surface area contributed by atoms with Crippen molar-refractivity contribution in [3.05, 3.63) is 0 Å². The Balaban J connectivity index is 3.39. The Hall–Kier alpha value is 0.0769. The first-order chi connectivity index (χ1) is 3.92. The molecule has 9 heavy (non-hydrogen) atoms. The van der Waals surface area contributed by atoms with Crippen LogP contribution in [0.5, 0.6) is 0 Å². The van der Waals surface area contributed by atoms with E-state index in [0.29, 0.717) is 0 Å². The summed E-state index contributed by atoms with van der Waals surface area (Å²) in [6.07, 6.45) is 0. The minimum absolute atomic E-state index is 2.77. The van der Waals surface area contributed by atoms with Gasteiger partial charge in [-0.2, -0.15) is 17.4 Å². The van der Waals surface area contributed by atoms with E-state index in [1.165, 1.54) is 0 Å². The standard InChI is InChI=1S/CH3F3O3SSi/c2-1(3,4)9-7-8(5)6/h9H2,(H,5,6). The van der Waals surface area contributed by atoms with Gasteiger partial charge >= 0.3 is 15.6 Å². The molecule has 0 spiro atoms. The first-order valence-corrected chi connectivity index (χ1v) is 4.04. The lowest BCUT2D eigenvalue weighted by Crippen LogP contribution is -2.22. The van der Waals surface area contributed by atoms with Gasteiger partial charge < -0.3 is 3.87 Å². The van der Waals surface area contributed by atoms with Gasteiger partial charge in [-0.1, -0.05) is 0 Å². The molecule has 0 aromatic heterocycles. The second-order valence-electron chi connectivity index (χ2n) is 1.09. The first kappa shape index (κ1) is 9.08. The molecule has 0 bridgehead atoms. The Morgan fingerprint density at radius 1 is 1.56 bits per heavy atom. The third-order valence-electron chi connectivity index (χ3n) is 0.323. The molecule has 0 saturated carbocycles. The monoisotopic (exact) mass is 180 g/mol. The van der Waals surface area contributed by atoms with Gasteiger partial charge in [-0.25, -0.2) is 0 Å². The summed E-state index contributed by atoms with van der Waals surface area (Å²) in [5.41, 5.74) is 0. The van der Waals surface area contributed by atoms with Crippen LogP contribution in [0.2, 0.25) is 0 Å². The Labute approximate surface area is 53.6 Å². The van der Waals surface area contributed by atoms with Gasteiger partial charge in [0, 0.05) is 0 Å². The largest absolute Gasteiger partial charge is 0.384 e. The molecule has 0 saturated heterocycles. The Kier molecular flexibility index (Phi) is 3.32. The summed E-state index contributed by atoms with van der Waals surface area (Å²) in [6, 6.07) is 0. The van der Waals surface area contributed by atoms with Crippen LogP contribution in [-0.4, -0.2) is 24.3 Å². The summed E-state index contributed by atoms with van der Waals surface area (Å²) in [4.78, 5) is 0. The summed E-state index contributed by atoms with van der Waals surface area (Å²) in [7, 11) is -2.85. The van der Waals surface area contributed by atoms with Crippen LogP contribution >= 0.6 is 0 Å². The van der Waals surface area contributed by atoms with E-state index in [2.05, 4.69) is 3.87 Å². The number of alkyl halides is 3. The molecule has 0 aliphatic carbocycles. The maximum atomic E-state index is 11.1. The first-order valence-electron chi connectivity index (χ1n) is 1.73. The molecule has 8 heteroatoms. The smallest absolute Gasteiger partial charge is 0.310 e.